The van der Waals surface area contributed by atoms with Gasteiger partial charge in [-0.2, -0.15) is 0 Å². The molecule has 0 radical (unpaired) electrons. The molecular formula is C10H16N5O+. The third-order valence-electron chi connectivity index (χ3n) is 1.89. The molecule has 0 aliphatic carbocycles. The molecule has 6 heteroatoms. The van der Waals surface area contributed by atoms with E-state index in [9.17, 15) is 5.11 Å². The molecule has 1 aromatic carbocycles. The van der Waals surface area contributed by atoms with Crippen LogP contribution in [0.4, 0.5) is 5.69 Å². The molecule has 0 saturated carbocycles. The first kappa shape index (κ1) is 12.1. The maximum atomic E-state index is 9.27. The number of amidine groups is 1. The van der Waals surface area contributed by atoms with Crippen LogP contribution >= 0.6 is 0 Å². The first-order chi connectivity index (χ1) is 7.54. The van der Waals surface area contributed by atoms with Gasteiger partial charge in [-0.25, -0.2) is 11.0 Å². The lowest BCUT2D eigenvalue weighted by molar-refractivity contribution is -0.689. The number of benzene rings is 1. The molecule has 1 aromatic rings. The monoisotopic (exact) mass is 222 g/mol. The van der Waals surface area contributed by atoms with Crippen molar-refractivity contribution in [2.45, 2.75) is 19.9 Å². The molecule has 0 spiro atoms. The summed E-state index contributed by atoms with van der Waals surface area (Å²) in [6.45, 7) is 3.96. The van der Waals surface area contributed by atoms with Gasteiger partial charge in [0.2, 0.25) is 5.84 Å². The zero-order chi connectivity index (χ0) is 12.1. The minimum Gasteiger partial charge on any atom is -0.506 e. The van der Waals surface area contributed by atoms with Crippen LogP contribution in [0, 0.1) is 5.53 Å². The Morgan fingerprint density at radius 3 is 2.69 bits per heavy atom. The Labute approximate surface area is 93.7 Å². The van der Waals surface area contributed by atoms with E-state index in [1.165, 1.54) is 6.07 Å². The number of nitrogens with two attached hydrogens (primary N) is 2. The number of anilines is 1. The number of quaternary nitrogens is 1. The van der Waals surface area contributed by atoms with E-state index in [4.69, 9.17) is 11.3 Å². The van der Waals surface area contributed by atoms with Gasteiger partial charge in [0.05, 0.1) is 5.69 Å². The second-order valence-corrected chi connectivity index (χ2v) is 3.73. The lowest BCUT2D eigenvalue weighted by atomic mass is 10.2. The van der Waals surface area contributed by atoms with E-state index in [-0.39, 0.29) is 23.3 Å². The summed E-state index contributed by atoms with van der Waals surface area (Å²) in [6, 6.07) is 4.91. The van der Waals surface area contributed by atoms with Crippen LogP contribution in [-0.2, 0) is 0 Å². The van der Waals surface area contributed by atoms with Crippen molar-refractivity contribution in [1.29, 1.82) is 5.53 Å². The number of phenols is 1. The first-order valence-electron chi connectivity index (χ1n) is 4.92. The van der Waals surface area contributed by atoms with E-state index in [0.29, 0.717) is 5.56 Å². The van der Waals surface area contributed by atoms with Crippen LogP contribution in [0.3, 0.4) is 0 Å². The number of nitrogen functional groups attached to an aromatic ring is 1. The van der Waals surface area contributed by atoms with E-state index in [0.717, 1.165) is 0 Å². The van der Waals surface area contributed by atoms with Crippen molar-refractivity contribution in [3.8, 4) is 5.75 Å². The molecule has 0 fully saturated rings. The molecule has 0 unspecified atom stereocenters. The molecule has 0 atom stereocenters. The first-order valence-corrected chi connectivity index (χ1v) is 4.92. The smallest absolute Gasteiger partial charge is 0.235 e. The van der Waals surface area contributed by atoms with Crippen LogP contribution in [0.15, 0.2) is 28.4 Å². The summed E-state index contributed by atoms with van der Waals surface area (Å²) >= 11 is 0. The van der Waals surface area contributed by atoms with Crippen molar-refractivity contribution in [2.24, 2.45) is 10.2 Å². The number of rotatable bonds is 3. The summed E-state index contributed by atoms with van der Waals surface area (Å²) in [7, 11) is 0. The minimum atomic E-state index is 0.0147. The van der Waals surface area contributed by atoms with Crippen LogP contribution in [0.5, 0.6) is 5.75 Å². The highest BCUT2D eigenvalue weighted by molar-refractivity contribution is 5.99. The van der Waals surface area contributed by atoms with Gasteiger partial charge in [0.15, 0.2) is 0 Å². The van der Waals surface area contributed by atoms with Crippen molar-refractivity contribution in [3.05, 3.63) is 23.8 Å². The molecule has 0 aliphatic rings. The van der Waals surface area contributed by atoms with Gasteiger partial charge in [0.1, 0.15) is 11.8 Å². The Hall–Kier alpha value is -1.95. The molecule has 1 rings (SSSR count). The maximum Gasteiger partial charge on any atom is 0.235 e. The topological polar surface area (TPSA) is 111 Å². The Balaban J connectivity index is 2.99. The third-order valence-corrected chi connectivity index (χ3v) is 1.89. The van der Waals surface area contributed by atoms with Crippen LogP contribution in [0.25, 0.3) is 0 Å². The van der Waals surface area contributed by atoms with Crippen molar-refractivity contribution in [1.82, 2.24) is 0 Å². The van der Waals surface area contributed by atoms with Crippen LogP contribution in [-0.4, -0.2) is 17.0 Å². The molecule has 16 heavy (non-hydrogen) atoms. The van der Waals surface area contributed by atoms with E-state index in [1.54, 1.807) is 17.6 Å². The number of hydrogen-bond donors (Lipinski definition) is 4. The number of aromatic hydroxyl groups is 1. The Morgan fingerprint density at radius 2 is 2.19 bits per heavy atom. The highest BCUT2D eigenvalue weighted by atomic mass is 16.3. The molecule has 0 aliphatic heterocycles. The number of nitrogens with one attached hydrogen (secondary N) is 1. The second-order valence-electron chi connectivity index (χ2n) is 3.73. The predicted molar refractivity (Wildman–Crippen MR) is 61.3 cm³/mol. The van der Waals surface area contributed by atoms with Gasteiger partial charge in [-0.15, -0.1) is 5.11 Å². The fourth-order valence-corrected chi connectivity index (χ4v) is 1.08. The van der Waals surface area contributed by atoms with Crippen molar-refractivity contribution < 1.29 is 10.5 Å². The number of nitrogens with zero attached hydrogens (tertiary/aromatic N) is 2. The average Bonchev–Trinajstić information content (AvgIpc) is 2.23. The number of hydrogen-bond acceptors (Lipinski definition) is 4. The van der Waals surface area contributed by atoms with Crippen molar-refractivity contribution >= 4 is 11.5 Å². The summed E-state index contributed by atoms with van der Waals surface area (Å²) in [4.78, 5) is 0. The van der Waals surface area contributed by atoms with Crippen molar-refractivity contribution in [2.75, 3.05) is 5.73 Å². The van der Waals surface area contributed by atoms with Gasteiger partial charge in [0.25, 0.3) is 0 Å². The lowest BCUT2D eigenvalue weighted by Crippen LogP contribution is -2.83. The Bertz CT molecular complexity index is 414. The maximum absolute atomic E-state index is 9.27. The molecule has 6 nitrogen and oxygen atoms in total. The molecule has 0 bridgehead atoms. The predicted octanol–water partition coefficient (Wildman–Crippen LogP) is 0.639. The number of phenolic OH excluding ortho intramolecular Hbond substituents is 1. The van der Waals surface area contributed by atoms with Gasteiger partial charge in [0, 0.05) is 5.56 Å². The van der Waals surface area contributed by atoms with E-state index >= 15 is 0 Å². The zero-order valence-corrected chi connectivity index (χ0v) is 9.31. The summed E-state index contributed by atoms with van der Waals surface area (Å²) in [5.74, 6) is 0.293. The highest BCUT2D eigenvalue weighted by Crippen LogP contribution is 2.20. The fourth-order valence-electron chi connectivity index (χ4n) is 1.08. The highest BCUT2D eigenvalue weighted by Gasteiger charge is 2.07. The molecule has 0 aromatic heterocycles. The van der Waals surface area contributed by atoms with Crippen molar-refractivity contribution in [3.63, 3.8) is 0 Å². The van der Waals surface area contributed by atoms with Gasteiger partial charge in [-0.3, -0.25) is 0 Å². The molecular weight excluding hydrogens is 206 g/mol. The minimum absolute atomic E-state index is 0.0147. The van der Waals surface area contributed by atoms with E-state index in [1.807, 2.05) is 13.8 Å². The van der Waals surface area contributed by atoms with Crippen LogP contribution in [0.2, 0.25) is 0 Å². The van der Waals surface area contributed by atoms with Gasteiger partial charge < -0.3 is 10.8 Å². The molecule has 0 amide bonds. The van der Waals surface area contributed by atoms with Crippen LogP contribution in [0.1, 0.15) is 19.4 Å². The van der Waals surface area contributed by atoms with Gasteiger partial charge >= 0.3 is 0 Å². The molecule has 0 heterocycles. The van der Waals surface area contributed by atoms with E-state index < -0.39 is 0 Å². The SMILES string of the molecule is CC(C)[NH2+]/N=C(\N=N)c1ccc(O)c(N)c1. The third kappa shape index (κ3) is 3.03. The fraction of sp³-hybridized carbons (Fsp3) is 0.300. The summed E-state index contributed by atoms with van der Waals surface area (Å²) < 4.78 is 0. The van der Waals surface area contributed by atoms with E-state index in [2.05, 4.69) is 10.2 Å². The van der Waals surface area contributed by atoms with Gasteiger partial charge in [-0.05, 0) is 32.0 Å². The Kier molecular flexibility index (Phi) is 3.96. The summed E-state index contributed by atoms with van der Waals surface area (Å²) in [6.07, 6.45) is 0. The summed E-state index contributed by atoms with van der Waals surface area (Å²) in [5, 5.41) is 16.7. The largest absolute Gasteiger partial charge is 0.506 e. The standard InChI is InChI=1S/C10H15N5O/c1-6(2)14-15-10(13-12)7-3-4-9(16)8(11)5-7/h3-6,12,14,16H,11H2,1-2H3/p+1/b13-12?,15-10-. The molecule has 86 valence electrons. The molecule has 6 N–H and O–H groups in total. The van der Waals surface area contributed by atoms with Gasteiger partial charge in [-0.1, -0.05) is 5.10 Å². The second kappa shape index (κ2) is 5.22. The quantitative estimate of drug-likeness (QED) is 0.114. The van der Waals surface area contributed by atoms with Crippen LogP contribution < -0.4 is 11.2 Å². The zero-order valence-electron chi connectivity index (χ0n) is 9.31. The normalized spacial score (nSPS) is 11.8. The Morgan fingerprint density at radius 1 is 1.50 bits per heavy atom. The summed E-state index contributed by atoms with van der Waals surface area (Å²) in [5.41, 5.74) is 15.2. The molecule has 0 saturated heterocycles. The average molecular weight is 222 g/mol. The lowest BCUT2D eigenvalue weighted by Gasteiger charge is -2.03.